The van der Waals surface area contributed by atoms with Crippen LogP contribution in [0.25, 0.3) is 0 Å². The lowest BCUT2D eigenvalue weighted by atomic mass is 9.99. The highest BCUT2D eigenvalue weighted by Gasteiger charge is 2.24. The van der Waals surface area contributed by atoms with Crippen LogP contribution < -0.4 is 10.2 Å². The molecule has 32 heavy (non-hydrogen) atoms. The monoisotopic (exact) mass is 451 g/mol. The fourth-order valence-electron chi connectivity index (χ4n) is 3.92. The molecule has 1 amide bonds. The number of aliphatic hydroxyl groups is 1. The number of carbonyl (C=O) groups is 1. The van der Waals surface area contributed by atoms with Crippen molar-refractivity contribution in [1.29, 1.82) is 0 Å². The van der Waals surface area contributed by atoms with E-state index in [2.05, 4.69) is 5.32 Å². The molecule has 0 spiro atoms. The number of aliphatic hydroxyl groups excluding tert-OH is 1. The summed E-state index contributed by atoms with van der Waals surface area (Å²) in [6, 6.07) is 18.3. The second-order valence-corrected chi connectivity index (χ2v) is 8.09. The summed E-state index contributed by atoms with van der Waals surface area (Å²) in [4.78, 5) is 26.1. The van der Waals surface area contributed by atoms with E-state index in [1.54, 1.807) is 42.5 Å². The highest BCUT2D eigenvalue weighted by atomic mass is 35.5. The maximum Gasteiger partial charge on any atom is 0.293 e. The topological polar surface area (TPSA) is 95.7 Å². The second kappa shape index (κ2) is 9.38. The van der Waals surface area contributed by atoms with Crippen molar-refractivity contribution in [2.45, 2.75) is 18.9 Å². The van der Waals surface area contributed by atoms with Crippen LogP contribution in [0.1, 0.15) is 40.4 Å². The number of hydrogen-bond acceptors (Lipinski definition) is 5. The predicted molar refractivity (Wildman–Crippen MR) is 124 cm³/mol. The molecular formula is C24H22ClN3O4. The van der Waals surface area contributed by atoms with Crippen molar-refractivity contribution in [2.24, 2.45) is 0 Å². The average Bonchev–Trinajstić information content (AvgIpc) is 3.34. The number of nitro benzene ring substituents is 1. The molecule has 1 heterocycles. The van der Waals surface area contributed by atoms with Crippen LogP contribution in [0.3, 0.4) is 0 Å². The molecule has 8 heteroatoms. The van der Waals surface area contributed by atoms with E-state index in [1.165, 1.54) is 6.07 Å². The number of nitrogens with one attached hydrogen (secondary N) is 1. The molecule has 0 unspecified atom stereocenters. The van der Waals surface area contributed by atoms with Crippen LogP contribution in [0.2, 0.25) is 5.02 Å². The van der Waals surface area contributed by atoms with E-state index in [0.29, 0.717) is 27.5 Å². The number of benzene rings is 3. The molecule has 1 atom stereocenters. The van der Waals surface area contributed by atoms with Gasteiger partial charge in [0.05, 0.1) is 4.92 Å². The van der Waals surface area contributed by atoms with Crippen molar-refractivity contribution in [3.63, 3.8) is 0 Å². The minimum absolute atomic E-state index is 0.0970. The molecule has 1 aliphatic heterocycles. The van der Waals surface area contributed by atoms with Gasteiger partial charge in [-0.3, -0.25) is 14.9 Å². The molecule has 0 radical (unpaired) electrons. The number of carbonyl (C=O) groups excluding carboxylic acids is 1. The van der Waals surface area contributed by atoms with Gasteiger partial charge in [0.15, 0.2) is 0 Å². The molecule has 0 aliphatic carbocycles. The molecule has 3 aromatic carbocycles. The fourth-order valence-corrected chi connectivity index (χ4v) is 4.10. The SMILES string of the molecule is O=C(Nc1ccc(Cl)cc1[C@@H](O)c1ccccc1)c1ccc(N2CCCC2)c([N+](=O)[O-])c1. The number of nitro groups is 1. The van der Waals surface area contributed by atoms with E-state index in [0.717, 1.165) is 25.9 Å². The van der Waals surface area contributed by atoms with E-state index in [9.17, 15) is 20.0 Å². The van der Waals surface area contributed by atoms with Gasteiger partial charge in [-0.1, -0.05) is 41.9 Å². The minimum atomic E-state index is -1.00. The summed E-state index contributed by atoms with van der Waals surface area (Å²) in [6.45, 7) is 1.52. The Labute approximate surface area is 190 Å². The van der Waals surface area contributed by atoms with Gasteiger partial charge in [0.25, 0.3) is 11.6 Å². The zero-order valence-electron chi connectivity index (χ0n) is 17.2. The molecule has 2 N–H and O–H groups in total. The number of rotatable bonds is 6. The van der Waals surface area contributed by atoms with Gasteiger partial charge < -0.3 is 15.3 Å². The summed E-state index contributed by atoms with van der Waals surface area (Å²) in [5.41, 5.74) is 2.05. The fraction of sp³-hybridized carbons (Fsp3) is 0.208. The first-order valence-corrected chi connectivity index (χ1v) is 10.7. The lowest BCUT2D eigenvalue weighted by Gasteiger charge is -2.19. The summed E-state index contributed by atoms with van der Waals surface area (Å²) in [7, 11) is 0. The second-order valence-electron chi connectivity index (χ2n) is 7.65. The smallest absolute Gasteiger partial charge is 0.293 e. The maximum absolute atomic E-state index is 13.0. The Kier molecular flexibility index (Phi) is 6.39. The quantitative estimate of drug-likeness (QED) is 0.397. The van der Waals surface area contributed by atoms with Gasteiger partial charge in [-0.15, -0.1) is 0 Å². The van der Waals surface area contributed by atoms with Crippen molar-refractivity contribution in [2.75, 3.05) is 23.3 Å². The van der Waals surface area contributed by atoms with Gasteiger partial charge in [0, 0.05) is 41.0 Å². The largest absolute Gasteiger partial charge is 0.384 e. The molecule has 1 aliphatic rings. The summed E-state index contributed by atoms with van der Waals surface area (Å²) in [5.74, 6) is -0.509. The highest BCUT2D eigenvalue weighted by Crippen LogP contribution is 2.33. The van der Waals surface area contributed by atoms with Crippen LogP contribution in [0.5, 0.6) is 0 Å². The van der Waals surface area contributed by atoms with Crippen LogP contribution in [-0.2, 0) is 0 Å². The van der Waals surface area contributed by atoms with Gasteiger partial charge in [-0.2, -0.15) is 0 Å². The minimum Gasteiger partial charge on any atom is -0.384 e. The molecule has 0 bridgehead atoms. The van der Waals surface area contributed by atoms with Crippen LogP contribution >= 0.6 is 11.6 Å². The summed E-state index contributed by atoms with van der Waals surface area (Å²) in [5, 5.41) is 25.7. The lowest BCUT2D eigenvalue weighted by Crippen LogP contribution is -2.20. The first-order chi connectivity index (χ1) is 15.4. The molecule has 1 fully saturated rings. The Morgan fingerprint density at radius 2 is 1.78 bits per heavy atom. The third-order valence-electron chi connectivity index (χ3n) is 5.55. The number of anilines is 2. The normalized spacial score (nSPS) is 14.2. The Morgan fingerprint density at radius 1 is 1.06 bits per heavy atom. The first-order valence-electron chi connectivity index (χ1n) is 10.3. The standard InChI is InChI=1S/C24H22ClN3O4/c25-18-9-10-20(19(15-18)23(29)16-6-2-1-3-7-16)26-24(30)17-8-11-21(22(14-17)28(31)32)27-12-4-5-13-27/h1-3,6-11,14-15,23,29H,4-5,12-13H2,(H,26,30)/t23-/m0/s1. The number of nitrogens with zero attached hydrogens (tertiary/aromatic N) is 2. The maximum atomic E-state index is 13.0. The van der Waals surface area contributed by atoms with Crippen molar-refractivity contribution < 1.29 is 14.8 Å². The van der Waals surface area contributed by atoms with Crippen molar-refractivity contribution in [3.05, 3.63) is 98.6 Å². The van der Waals surface area contributed by atoms with Gasteiger partial charge in [0.2, 0.25) is 0 Å². The van der Waals surface area contributed by atoms with Gasteiger partial charge in [-0.25, -0.2) is 0 Å². The van der Waals surface area contributed by atoms with Crippen LogP contribution in [0.4, 0.5) is 17.1 Å². The third-order valence-corrected chi connectivity index (χ3v) is 5.79. The van der Waals surface area contributed by atoms with Gasteiger partial charge >= 0.3 is 0 Å². The van der Waals surface area contributed by atoms with E-state index in [-0.39, 0.29) is 11.3 Å². The highest BCUT2D eigenvalue weighted by molar-refractivity contribution is 6.30. The summed E-state index contributed by atoms with van der Waals surface area (Å²) >= 11 is 6.13. The molecular weight excluding hydrogens is 430 g/mol. The van der Waals surface area contributed by atoms with Crippen molar-refractivity contribution in [1.82, 2.24) is 0 Å². The Balaban J connectivity index is 1.63. The lowest BCUT2D eigenvalue weighted by molar-refractivity contribution is -0.384. The van der Waals surface area contributed by atoms with Gasteiger partial charge in [0.1, 0.15) is 11.8 Å². The van der Waals surface area contributed by atoms with E-state index in [1.807, 2.05) is 23.1 Å². The molecule has 7 nitrogen and oxygen atoms in total. The predicted octanol–water partition coefficient (Wildman–Crippen LogP) is 5.18. The average molecular weight is 452 g/mol. The number of hydrogen-bond donors (Lipinski definition) is 2. The van der Waals surface area contributed by atoms with Crippen LogP contribution in [0.15, 0.2) is 66.7 Å². The molecule has 4 rings (SSSR count). The summed E-state index contributed by atoms with van der Waals surface area (Å²) < 4.78 is 0. The van der Waals surface area contributed by atoms with E-state index >= 15 is 0 Å². The molecule has 164 valence electrons. The van der Waals surface area contributed by atoms with Crippen LogP contribution in [0, 0.1) is 10.1 Å². The third kappa shape index (κ3) is 4.59. The zero-order valence-corrected chi connectivity index (χ0v) is 18.0. The number of halogens is 1. The molecule has 3 aromatic rings. The van der Waals surface area contributed by atoms with E-state index < -0.39 is 16.9 Å². The molecule has 0 aromatic heterocycles. The number of amides is 1. The van der Waals surface area contributed by atoms with Gasteiger partial charge in [-0.05, 0) is 48.7 Å². The summed E-state index contributed by atoms with van der Waals surface area (Å²) in [6.07, 6.45) is 0.974. The molecule has 0 saturated carbocycles. The van der Waals surface area contributed by atoms with Crippen LogP contribution in [-0.4, -0.2) is 29.0 Å². The molecule has 1 saturated heterocycles. The Morgan fingerprint density at radius 3 is 2.47 bits per heavy atom. The Hall–Kier alpha value is -3.42. The van der Waals surface area contributed by atoms with Crippen molar-refractivity contribution in [3.8, 4) is 0 Å². The van der Waals surface area contributed by atoms with Crippen molar-refractivity contribution >= 4 is 34.6 Å². The Bertz CT molecular complexity index is 1150. The van der Waals surface area contributed by atoms with E-state index in [4.69, 9.17) is 11.6 Å². The first kappa shape index (κ1) is 21.8. The zero-order chi connectivity index (χ0) is 22.7.